The number of benzene rings is 2. The molecule has 4 aromatic rings. The molecular formula is C53H60FN10O15P. The summed E-state index contributed by atoms with van der Waals surface area (Å²) in [5.41, 5.74) is 5.42. The lowest BCUT2D eigenvalue weighted by atomic mass is 9.81. The van der Waals surface area contributed by atoms with Gasteiger partial charge in [0.25, 0.3) is 17.4 Å². The molecule has 4 atom stereocenters. The molecule has 1 saturated carbocycles. The minimum Gasteiger partial charge on any atom is -0.460 e. The van der Waals surface area contributed by atoms with Crippen LogP contribution >= 0.6 is 8.60 Å². The van der Waals surface area contributed by atoms with E-state index < -0.39 is 118 Å². The van der Waals surface area contributed by atoms with Crippen LogP contribution in [0.1, 0.15) is 83.5 Å². The molecule has 9 N–H and O–H groups in total. The SMILES string of the molecule is CCC1C(=O)OCc2c1cc1n(c2=O)Cc2c-1nc1cc(F)c(C)c3c1c2C(NC(=O)C(OCNC(=O)CNC(=O)C(Cc1ccccc1)NC(=O)CNC(=O)CNC(=O)CN1C(=O)C=CC1=O)C1CC1)CC3.CNCOP(O)O. The normalized spacial score (nSPS) is 17.3. The van der Waals surface area contributed by atoms with E-state index in [2.05, 4.69) is 41.7 Å². The van der Waals surface area contributed by atoms with Crippen LogP contribution < -0.4 is 42.8 Å². The van der Waals surface area contributed by atoms with Gasteiger partial charge in [-0.1, -0.05) is 37.3 Å². The molecule has 1 fully saturated rings. The predicted octanol–water partition coefficient (Wildman–Crippen LogP) is -0.212. The molecule has 80 heavy (non-hydrogen) atoms. The molecule has 0 bridgehead atoms. The molecule has 2 aromatic heterocycles. The number of fused-ring (bicyclic) bond motifs is 5. The van der Waals surface area contributed by atoms with E-state index in [1.54, 1.807) is 48.9 Å². The lowest BCUT2D eigenvalue weighted by Crippen LogP contribution is -2.52. The fraction of sp³-hybridized carbons (Fsp3) is 0.415. The fourth-order valence-corrected chi connectivity index (χ4v) is 10.2. The van der Waals surface area contributed by atoms with Crippen LogP contribution in [0.4, 0.5) is 4.39 Å². The van der Waals surface area contributed by atoms with E-state index in [1.807, 2.05) is 13.0 Å². The van der Waals surface area contributed by atoms with Crippen molar-refractivity contribution in [1.29, 1.82) is 0 Å². The van der Waals surface area contributed by atoms with Gasteiger partial charge in [-0.25, -0.2) is 9.37 Å². The van der Waals surface area contributed by atoms with Crippen molar-refractivity contribution < 1.29 is 71.3 Å². The highest BCUT2D eigenvalue weighted by Gasteiger charge is 2.41. The molecule has 0 radical (unpaired) electrons. The number of aromatic nitrogens is 2. The smallest absolute Gasteiger partial charge is 0.328 e. The van der Waals surface area contributed by atoms with Gasteiger partial charge in [0.05, 0.1) is 60.6 Å². The number of hydrogen-bond acceptors (Lipinski definition) is 17. The Kier molecular flexibility index (Phi) is 18.9. The Morgan fingerprint density at radius 1 is 0.850 bits per heavy atom. The number of cyclic esters (lactones) is 1. The van der Waals surface area contributed by atoms with Crippen molar-refractivity contribution in [2.45, 2.75) is 89.6 Å². The maximum atomic E-state index is 15.5. The molecule has 0 spiro atoms. The van der Waals surface area contributed by atoms with Crippen molar-refractivity contribution in [2.24, 2.45) is 5.92 Å². The van der Waals surface area contributed by atoms with E-state index in [1.165, 1.54) is 6.07 Å². The van der Waals surface area contributed by atoms with Crippen molar-refractivity contribution >= 4 is 72.7 Å². The van der Waals surface area contributed by atoms with Crippen molar-refractivity contribution in [3.8, 4) is 11.4 Å². The van der Waals surface area contributed by atoms with Gasteiger partial charge in [0.1, 0.15) is 44.6 Å². The quantitative estimate of drug-likeness (QED) is 0.0187. The molecule has 3 aliphatic heterocycles. The first-order valence-corrected chi connectivity index (χ1v) is 26.9. The van der Waals surface area contributed by atoms with Crippen LogP contribution in [-0.4, -0.2) is 136 Å². The van der Waals surface area contributed by atoms with E-state index in [9.17, 15) is 47.9 Å². The summed E-state index contributed by atoms with van der Waals surface area (Å²) in [5, 5.41) is 18.7. The zero-order valence-corrected chi connectivity index (χ0v) is 44.7. The second kappa shape index (κ2) is 25.9. The van der Waals surface area contributed by atoms with Gasteiger partial charge >= 0.3 is 14.6 Å². The number of aryl methyl sites for hydroxylation is 1. The Bertz CT molecular complexity index is 3210. The van der Waals surface area contributed by atoms with E-state index in [0.717, 1.165) is 23.3 Å². The molecule has 27 heteroatoms. The van der Waals surface area contributed by atoms with Crippen LogP contribution in [0.3, 0.4) is 0 Å². The Morgan fingerprint density at radius 2 is 1.54 bits per heavy atom. The van der Waals surface area contributed by atoms with Crippen molar-refractivity contribution in [3.63, 3.8) is 0 Å². The highest BCUT2D eigenvalue weighted by Crippen LogP contribution is 2.46. The van der Waals surface area contributed by atoms with Gasteiger partial charge < -0.3 is 55.7 Å². The van der Waals surface area contributed by atoms with Gasteiger partial charge in [0.2, 0.25) is 35.4 Å². The number of carbonyl (C=O) groups excluding carboxylic acids is 9. The first-order chi connectivity index (χ1) is 38.4. The third-order valence-electron chi connectivity index (χ3n) is 14.1. The topological polar surface area (TPSA) is 344 Å². The third-order valence-corrected chi connectivity index (χ3v) is 14.5. The van der Waals surface area contributed by atoms with Gasteiger partial charge in [-0.05, 0) is 85.9 Å². The molecule has 25 nitrogen and oxygen atoms in total. The standard InChI is InChI=1S/C51H52FN9O12.C2H8NO3P/c1-3-28-30-16-37-46-31(21-60(37)50(70)32(30)23-72-51(28)71)45-34(12-11-29-25(2)33(52)17-35(58-46)44(29)45)59-49(69)47(27-9-10-27)73-24-56-39(63)19-55-48(68)36(15-26-7-5-4-6-8-26)57-40(64)20-53-38(62)18-54-41(65)22-61-42(66)13-14-43(61)67;1-3-2-6-7(4)5/h4-8,13-14,16-17,27-28,34,36,47H,3,9-12,15,18-24H2,1-2H3,(H,53,62)(H,54,65)(H,55,68)(H,56,63)(H,57,64)(H,59,69);3-5H,2H2,1H3. The van der Waals surface area contributed by atoms with Crippen LogP contribution in [0.2, 0.25) is 0 Å². The maximum Gasteiger partial charge on any atom is 0.328 e. The Balaban J connectivity index is 0.00000113. The number of rotatable bonds is 22. The Hall–Kier alpha value is -7.87. The van der Waals surface area contributed by atoms with Crippen LogP contribution in [0.15, 0.2) is 59.4 Å². The summed E-state index contributed by atoms with van der Waals surface area (Å²) in [6, 6.07) is 10.2. The molecule has 5 aliphatic rings. The predicted molar refractivity (Wildman–Crippen MR) is 281 cm³/mol. The zero-order chi connectivity index (χ0) is 57.4. The van der Waals surface area contributed by atoms with E-state index in [0.29, 0.717) is 87.1 Å². The number of ether oxygens (including phenoxy) is 2. The van der Waals surface area contributed by atoms with Crippen LogP contribution in [0, 0.1) is 18.7 Å². The number of halogens is 1. The van der Waals surface area contributed by atoms with Crippen molar-refractivity contribution in [1.82, 2.24) is 51.7 Å². The maximum absolute atomic E-state index is 15.5. The number of pyridine rings is 2. The highest BCUT2D eigenvalue weighted by atomic mass is 31.2. The van der Waals surface area contributed by atoms with Gasteiger partial charge in [-0.3, -0.25) is 62.7 Å². The molecule has 9 rings (SSSR count). The summed E-state index contributed by atoms with van der Waals surface area (Å²) in [7, 11) is -0.517. The summed E-state index contributed by atoms with van der Waals surface area (Å²) in [4.78, 5) is 150. The largest absolute Gasteiger partial charge is 0.460 e. The summed E-state index contributed by atoms with van der Waals surface area (Å²) >= 11 is 0. The number of nitrogens with one attached hydrogen (secondary N) is 7. The molecule has 8 amide bonds. The first-order valence-electron chi connectivity index (χ1n) is 25.8. The third kappa shape index (κ3) is 13.6. The first kappa shape index (κ1) is 58.3. The minimum absolute atomic E-state index is 0.0231. The van der Waals surface area contributed by atoms with Gasteiger partial charge in [-0.2, -0.15) is 0 Å². The molecule has 4 unspecified atom stereocenters. The molecule has 2 aliphatic carbocycles. The molecule has 5 heterocycles. The number of hydrogen-bond donors (Lipinski definition) is 9. The van der Waals surface area contributed by atoms with E-state index in [4.69, 9.17) is 24.2 Å². The monoisotopic (exact) mass is 1130 g/mol. The summed E-state index contributed by atoms with van der Waals surface area (Å²) in [6.07, 6.45) is 3.79. The molecule has 0 saturated heterocycles. The lowest BCUT2D eigenvalue weighted by Gasteiger charge is -2.31. The van der Waals surface area contributed by atoms with Crippen molar-refractivity contribution in [2.75, 3.05) is 46.7 Å². The second-order valence-electron chi connectivity index (χ2n) is 19.5. The minimum atomic E-state index is -2.17. The van der Waals surface area contributed by atoms with Gasteiger partial charge in [0.15, 0.2) is 0 Å². The van der Waals surface area contributed by atoms with Crippen LogP contribution in [0.25, 0.3) is 22.3 Å². The molecule has 2 aromatic carbocycles. The summed E-state index contributed by atoms with van der Waals surface area (Å²) in [5.74, 6) is -7.01. The summed E-state index contributed by atoms with van der Waals surface area (Å²) < 4.78 is 32.7. The number of esters is 1. The number of carbonyl (C=O) groups is 9. The van der Waals surface area contributed by atoms with Crippen molar-refractivity contribution in [3.05, 3.63) is 110 Å². The Labute approximate surface area is 457 Å². The van der Waals surface area contributed by atoms with Crippen LogP contribution in [-0.2, 0) is 83.1 Å². The van der Waals surface area contributed by atoms with Crippen LogP contribution in [0.5, 0.6) is 0 Å². The summed E-state index contributed by atoms with van der Waals surface area (Å²) in [6.45, 7) is 1.10. The van der Waals surface area contributed by atoms with Gasteiger partial charge in [-0.15, -0.1) is 0 Å². The molecule has 424 valence electrons. The second-order valence-corrected chi connectivity index (χ2v) is 20.2. The number of nitrogens with zero attached hydrogens (tertiary/aromatic N) is 3. The Morgan fingerprint density at radius 3 is 2.21 bits per heavy atom. The average molecular weight is 1130 g/mol. The average Bonchev–Trinajstić information content (AvgIpc) is 4.34. The highest BCUT2D eigenvalue weighted by molar-refractivity contribution is 7.39. The fourth-order valence-electron chi connectivity index (χ4n) is 10.00. The van der Waals surface area contributed by atoms with E-state index >= 15 is 4.39 Å². The zero-order valence-electron chi connectivity index (χ0n) is 43.9. The molecular weight excluding hydrogens is 1070 g/mol. The lowest BCUT2D eigenvalue weighted by molar-refractivity contribution is -0.148. The van der Waals surface area contributed by atoms with Gasteiger partial charge in [0, 0.05) is 35.6 Å². The number of amides is 8. The number of imide groups is 1. The van der Waals surface area contributed by atoms with E-state index in [-0.39, 0.29) is 44.5 Å².